The van der Waals surface area contributed by atoms with Crippen LogP contribution >= 0.6 is 0 Å². The Balaban J connectivity index is 2.05. The number of hydrogen-bond donors (Lipinski definition) is 1. The average Bonchev–Trinajstić information content (AvgIpc) is 2.61. The maximum atomic E-state index is 13.7. The van der Waals surface area contributed by atoms with Crippen molar-refractivity contribution in [2.75, 3.05) is 5.32 Å². The molecule has 0 amide bonds. The Bertz CT molecular complexity index is 879. The number of nitrogens with one attached hydrogen (secondary N) is 1. The summed E-state index contributed by atoms with van der Waals surface area (Å²) in [6.45, 7) is 2.43. The van der Waals surface area contributed by atoms with E-state index in [-0.39, 0.29) is 17.2 Å². The molecule has 0 radical (unpaired) electrons. The van der Waals surface area contributed by atoms with Crippen molar-refractivity contribution in [3.05, 3.63) is 88.5 Å². The van der Waals surface area contributed by atoms with E-state index in [1.165, 1.54) is 12.1 Å². The molecule has 2 heterocycles. The van der Waals surface area contributed by atoms with Gasteiger partial charge in [-0.1, -0.05) is 18.2 Å². The zero-order valence-electron chi connectivity index (χ0n) is 13.2. The largest absolute Gasteiger partial charge is 0.353 e. The predicted octanol–water partition coefficient (Wildman–Crippen LogP) is 3.00. The van der Waals surface area contributed by atoms with Crippen LogP contribution in [0, 0.1) is 5.82 Å². The van der Waals surface area contributed by atoms with E-state index in [4.69, 9.17) is 0 Å². The van der Waals surface area contributed by atoms with Gasteiger partial charge in [0.15, 0.2) is 5.82 Å². The minimum atomic E-state index is -0.477. The Kier molecular flexibility index (Phi) is 4.65. The molecule has 0 bridgehead atoms. The summed E-state index contributed by atoms with van der Waals surface area (Å²) in [6.07, 6.45) is 4.85. The lowest BCUT2D eigenvalue weighted by Gasteiger charge is -2.19. The van der Waals surface area contributed by atoms with Crippen LogP contribution in [0.25, 0.3) is 0 Å². The molecule has 0 aliphatic carbocycles. The van der Waals surface area contributed by atoms with Crippen molar-refractivity contribution < 1.29 is 4.39 Å². The molecule has 1 N–H and O–H groups in total. The van der Waals surface area contributed by atoms with E-state index in [0.29, 0.717) is 17.8 Å². The molecule has 0 spiro atoms. The fourth-order valence-corrected chi connectivity index (χ4v) is 2.49. The maximum absolute atomic E-state index is 13.7. The molecule has 0 aliphatic rings. The number of halogens is 1. The van der Waals surface area contributed by atoms with E-state index in [9.17, 15) is 9.18 Å². The second kappa shape index (κ2) is 7.04. The van der Waals surface area contributed by atoms with Crippen LogP contribution in [-0.2, 0) is 6.54 Å². The van der Waals surface area contributed by atoms with Gasteiger partial charge in [0.25, 0.3) is 5.56 Å². The molecule has 3 rings (SSSR count). The lowest BCUT2D eigenvalue weighted by molar-refractivity contribution is 0.624. The molecule has 24 heavy (non-hydrogen) atoms. The first-order chi connectivity index (χ1) is 11.7. The van der Waals surface area contributed by atoms with Crippen molar-refractivity contribution in [1.29, 1.82) is 0 Å². The van der Waals surface area contributed by atoms with Gasteiger partial charge in [0.1, 0.15) is 5.82 Å². The lowest BCUT2D eigenvalue weighted by Crippen LogP contribution is -2.26. The first-order valence-corrected chi connectivity index (χ1v) is 7.67. The van der Waals surface area contributed by atoms with E-state index in [1.807, 2.05) is 19.1 Å². The van der Waals surface area contributed by atoms with E-state index in [1.54, 1.807) is 41.4 Å². The van der Waals surface area contributed by atoms with E-state index in [2.05, 4.69) is 15.3 Å². The van der Waals surface area contributed by atoms with Gasteiger partial charge in [0, 0.05) is 25.1 Å². The van der Waals surface area contributed by atoms with Crippen molar-refractivity contribution in [1.82, 2.24) is 14.5 Å². The van der Waals surface area contributed by atoms with Crippen molar-refractivity contribution >= 4 is 5.82 Å². The molecule has 6 heteroatoms. The highest BCUT2D eigenvalue weighted by Crippen LogP contribution is 2.24. The SMILES string of the molecule is CCn1ccnc(NC(c2cccc(F)c2)c2ccccn2)c1=O. The second-order valence-electron chi connectivity index (χ2n) is 5.25. The highest BCUT2D eigenvalue weighted by molar-refractivity contribution is 5.41. The van der Waals surface area contributed by atoms with Crippen molar-refractivity contribution in [3.63, 3.8) is 0 Å². The first kappa shape index (κ1) is 15.9. The van der Waals surface area contributed by atoms with Crippen LogP contribution in [0.1, 0.15) is 24.2 Å². The van der Waals surface area contributed by atoms with Crippen LogP contribution in [0.4, 0.5) is 10.2 Å². The van der Waals surface area contributed by atoms with E-state index in [0.717, 1.165) is 0 Å². The van der Waals surface area contributed by atoms with E-state index >= 15 is 0 Å². The molecule has 1 aromatic carbocycles. The molecular formula is C18H17FN4O. The number of aromatic nitrogens is 3. The summed E-state index contributed by atoms with van der Waals surface area (Å²) >= 11 is 0. The average molecular weight is 324 g/mol. The highest BCUT2D eigenvalue weighted by atomic mass is 19.1. The Morgan fingerprint density at radius 2 is 2.04 bits per heavy atom. The predicted molar refractivity (Wildman–Crippen MR) is 90.3 cm³/mol. The van der Waals surface area contributed by atoms with Crippen molar-refractivity contribution in [2.45, 2.75) is 19.5 Å². The van der Waals surface area contributed by atoms with E-state index < -0.39 is 6.04 Å². The molecule has 5 nitrogen and oxygen atoms in total. The Labute approximate surface area is 138 Å². The van der Waals surface area contributed by atoms with Gasteiger partial charge in [-0.15, -0.1) is 0 Å². The Morgan fingerprint density at radius 3 is 2.75 bits per heavy atom. The van der Waals surface area contributed by atoms with Crippen molar-refractivity contribution in [2.24, 2.45) is 0 Å². The van der Waals surface area contributed by atoms with Gasteiger partial charge >= 0.3 is 0 Å². The normalized spacial score (nSPS) is 11.9. The summed E-state index contributed by atoms with van der Waals surface area (Å²) in [4.78, 5) is 20.9. The topological polar surface area (TPSA) is 59.8 Å². The van der Waals surface area contributed by atoms with Crippen LogP contribution in [0.15, 0.2) is 65.8 Å². The zero-order valence-corrected chi connectivity index (χ0v) is 13.2. The quantitative estimate of drug-likeness (QED) is 0.784. The molecule has 122 valence electrons. The van der Waals surface area contributed by atoms with Gasteiger partial charge in [0.05, 0.1) is 11.7 Å². The van der Waals surface area contributed by atoms with Crippen LogP contribution < -0.4 is 10.9 Å². The van der Waals surface area contributed by atoms with Crippen LogP contribution in [0.3, 0.4) is 0 Å². The number of hydrogen-bond acceptors (Lipinski definition) is 4. The first-order valence-electron chi connectivity index (χ1n) is 7.67. The van der Waals surface area contributed by atoms with Crippen molar-refractivity contribution in [3.8, 4) is 0 Å². The Morgan fingerprint density at radius 1 is 1.17 bits per heavy atom. The molecule has 1 unspecified atom stereocenters. The van der Waals surface area contributed by atoms with Gasteiger partial charge in [-0.05, 0) is 36.8 Å². The minimum absolute atomic E-state index is 0.208. The fraction of sp³-hybridized carbons (Fsp3) is 0.167. The Hall–Kier alpha value is -3.02. The van der Waals surface area contributed by atoms with Crippen LogP contribution in [0.5, 0.6) is 0 Å². The fourth-order valence-electron chi connectivity index (χ4n) is 2.49. The third kappa shape index (κ3) is 3.32. The molecule has 2 aromatic heterocycles. The molecule has 0 fully saturated rings. The molecule has 3 aromatic rings. The van der Waals surface area contributed by atoms with Gasteiger partial charge in [-0.2, -0.15) is 0 Å². The molecule has 0 aliphatic heterocycles. The summed E-state index contributed by atoms with van der Waals surface area (Å²) in [5.74, 6) is -0.138. The third-order valence-corrected chi connectivity index (χ3v) is 3.70. The number of aryl methyl sites for hydroxylation is 1. The number of anilines is 1. The molecule has 0 saturated heterocycles. The van der Waals surface area contributed by atoms with Gasteiger partial charge < -0.3 is 9.88 Å². The van der Waals surface area contributed by atoms with Crippen LogP contribution in [0.2, 0.25) is 0 Å². The summed E-state index contributed by atoms with van der Waals surface area (Å²) in [6, 6.07) is 11.2. The number of pyridine rings is 1. The highest BCUT2D eigenvalue weighted by Gasteiger charge is 2.18. The minimum Gasteiger partial charge on any atom is -0.353 e. The smallest absolute Gasteiger partial charge is 0.293 e. The number of rotatable bonds is 5. The summed E-state index contributed by atoms with van der Waals surface area (Å²) in [5, 5.41) is 3.11. The number of nitrogens with zero attached hydrogens (tertiary/aromatic N) is 3. The third-order valence-electron chi connectivity index (χ3n) is 3.70. The standard InChI is InChI=1S/C18H17FN4O/c1-2-23-11-10-21-17(18(23)24)22-16(15-8-3-4-9-20-15)13-6-5-7-14(19)12-13/h3-12,16H,2H2,1H3,(H,21,22). The lowest BCUT2D eigenvalue weighted by atomic mass is 10.0. The summed E-state index contributed by atoms with van der Waals surface area (Å²) in [5.41, 5.74) is 1.12. The molecule has 0 saturated carbocycles. The van der Waals surface area contributed by atoms with Gasteiger partial charge in [-0.25, -0.2) is 9.37 Å². The summed E-state index contributed by atoms with van der Waals surface area (Å²) < 4.78 is 15.2. The molecule has 1 atom stereocenters. The number of benzene rings is 1. The van der Waals surface area contributed by atoms with Gasteiger partial charge in [0.2, 0.25) is 0 Å². The second-order valence-corrected chi connectivity index (χ2v) is 5.25. The van der Waals surface area contributed by atoms with Gasteiger partial charge in [-0.3, -0.25) is 9.78 Å². The summed E-state index contributed by atoms with van der Waals surface area (Å²) in [7, 11) is 0. The molecular weight excluding hydrogens is 307 g/mol. The van der Waals surface area contributed by atoms with Crippen LogP contribution in [-0.4, -0.2) is 14.5 Å². The zero-order chi connectivity index (χ0) is 16.9. The monoisotopic (exact) mass is 324 g/mol. The maximum Gasteiger partial charge on any atom is 0.293 e.